The molecule has 18 heavy (non-hydrogen) atoms. The van der Waals surface area contributed by atoms with Crippen LogP contribution in [-0.2, 0) is 0 Å². The molecule has 0 amide bonds. The van der Waals surface area contributed by atoms with Gasteiger partial charge in [0, 0.05) is 23.4 Å². The van der Waals surface area contributed by atoms with Gasteiger partial charge >= 0.3 is 0 Å². The number of likely N-dealkylation sites (N-methyl/N-ethyl adjacent to an activating group) is 1. The molecule has 0 aromatic rings. The molecule has 2 unspecified atom stereocenters. The van der Waals surface area contributed by atoms with Crippen LogP contribution in [0, 0.1) is 5.92 Å². The molecular weight excluding hydrogens is 240 g/mol. The van der Waals surface area contributed by atoms with E-state index in [0.717, 1.165) is 18.5 Å². The van der Waals surface area contributed by atoms with Crippen molar-refractivity contribution in [2.45, 2.75) is 69.2 Å². The second-order valence-corrected chi connectivity index (χ2v) is 7.90. The molecule has 1 aliphatic carbocycles. The van der Waals surface area contributed by atoms with Crippen LogP contribution < -0.4 is 5.73 Å². The number of nitrogens with zero attached hydrogens (tertiary/aromatic N) is 1. The molecule has 2 nitrogen and oxygen atoms in total. The molecule has 0 aromatic heterocycles. The smallest absolute Gasteiger partial charge is 0.0447 e. The van der Waals surface area contributed by atoms with Gasteiger partial charge in [-0.05, 0) is 57.2 Å². The molecule has 2 rings (SSSR count). The highest BCUT2D eigenvalue weighted by molar-refractivity contribution is 8.00. The summed E-state index contributed by atoms with van der Waals surface area (Å²) in [5, 5.41) is 0.681. The summed E-state index contributed by atoms with van der Waals surface area (Å²) in [5.41, 5.74) is 6.47. The van der Waals surface area contributed by atoms with Crippen LogP contribution in [0.5, 0.6) is 0 Å². The maximum absolute atomic E-state index is 6.21. The predicted octanol–water partition coefficient (Wildman–Crippen LogP) is 3.11. The van der Waals surface area contributed by atoms with Gasteiger partial charge in [0.25, 0.3) is 0 Å². The van der Waals surface area contributed by atoms with Gasteiger partial charge in [0.1, 0.15) is 0 Å². The Bertz CT molecular complexity index is 263. The Labute approximate surface area is 117 Å². The number of thioether (sulfide) groups is 1. The van der Waals surface area contributed by atoms with Crippen LogP contribution >= 0.6 is 11.8 Å². The Balaban J connectivity index is 2.06. The zero-order chi connectivity index (χ0) is 13.2. The Kier molecular flexibility index (Phi) is 5.01. The van der Waals surface area contributed by atoms with Gasteiger partial charge in [-0.2, -0.15) is 11.8 Å². The van der Waals surface area contributed by atoms with Gasteiger partial charge in [-0.25, -0.2) is 0 Å². The summed E-state index contributed by atoms with van der Waals surface area (Å²) < 4.78 is 0. The summed E-state index contributed by atoms with van der Waals surface area (Å²) in [7, 11) is 2.34. The van der Waals surface area contributed by atoms with E-state index in [9.17, 15) is 0 Å². The molecule has 2 aliphatic rings. The van der Waals surface area contributed by atoms with Crippen LogP contribution in [0.2, 0.25) is 0 Å². The molecule has 0 spiro atoms. The van der Waals surface area contributed by atoms with Crippen LogP contribution in [0.15, 0.2) is 0 Å². The fourth-order valence-corrected chi connectivity index (χ4v) is 5.22. The van der Waals surface area contributed by atoms with Crippen molar-refractivity contribution in [3.63, 3.8) is 0 Å². The summed E-state index contributed by atoms with van der Waals surface area (Å²) >= 11 is 2.12. The lowest BCUT2D eigenvalue weighted by Gasteiger charge is -2.52. The van der Waals surface area contributed by atoms with Gasteiger partial charge in [0.05, 0.1) is 0 Å². The van der Waals surface area contributed by atoms with E-state index in [0.29, 0.717) is 5.25 Å². The SMILES string of the molecule is CC1CCC(N(C)C2(CN)CCCSC2C)CC1. The molecule has 3 heteroatoms. The number of nitrogens with two attached hydrogens (primary N) is 1. The zero-order valence-electron chi connectivity index (χ0n) is 12.3. The first-order valence-corrected chi connectivity index (χ1v) is 8.69. The maximum Gasteiger partial charge on any atom is 0.0447 e. The van der Waals surface area contributed by atoms with E-state index >= 15 is 0 Å². The van der Waals surface area contributed by atoms with Gasteiger partial charge in [0.2, 0.25) is 0 Å². The van der Waals surface area contributed by atoms with Crippen molar-refractivity contribution in [2.75, 3.05) is 19.3 Å². The molecule has 2 N–H and O–H groups in total. The van der Waals surface area contributed by atoms with Crippen molar-refractivity contribution in [3.05, 3.63) is 0 Å². The van der Waals surface area contributed by atoms with Gasteiger partial charge in [-0.1, -0.05) is 13.8 Å². The molecular formula is C15H30N2S. The Morgan fingerprint density at radius 1 is 1.22 bits per heavy atom. The van der Waals surface area contributed by atoms with Crippen LogP contribution in [0.4, 0.5) is 0 Å². The van der Waals surface area contributed by atoms with E-state index in [1.54, 1.807) is 0 Å². The zero-order valence-corrected chi connectivity index (χ0v) is 13.1. The summed E-state index contributed by atoms with van der Waals surface area (Å²) in [6.07, 6.45) is 8.17. The Morgan fingerprint density at radius 3 is 2.44 bits per heavy atom. The summed E-state index contributed by atoms with van der Waals surface area (Å²) in [6.45, 7) is 5.61. The topological polar surface area (TPSA) is 29.3 Å². The number of rotatable bonds is 3. The third-order valence-electron chi connectivity index (χ3n) is 5.47. The molecule has 0 radical (unpaired) electrons. The van der Waals surface area contributed by atoms with Crippen LogP contribution in [0.3, 0.4) is 0 Å². The van der Waals surface area contributed by atoms with Crippen molar-refractivity contribution in [2.24, 2.45) is 11.7 Å². The molecule has 1 saturated heterocycles. The standard InChI is InChI=1S/C15H30N2S/c1-12-5-7-14(8-6-12)17(3)15(11-16)9-4-10-18-13(15)2/h12-14H,4-11,16H2,1-3H3. The van der Waals surface area contributed by atoms with Crippen molar-refractivity contribution in [1.82, 2.24) is 4.90 Å². The quantitative estimate of drug-likeness (QED) is 0.854. The van der Waals surface area contributed by atoms with Crippen LogP contribution in [0.25, 0.3) is 0 Å². The molecule has 1 saturated carbocycles. The van der Waals surface area contributed by atoms with E-state index in [2.05, 4.69) is 37.6 Å². The third kappa shape index (κ3) is 2.73. The van der Waals surface area contributed by atoms with E-state index < -0.39 is 0 Å². The first-order chi connectivity index (χ1) is 8.60. The monoisotopic (exact) mass is 270 g/mol. The first-order valence-electron chi connectivity index (χ1n) is 7.65. The first kappa shape index (κ1) is 14.7. The van der Waals surface area contributed by atoms with Crippen molar-refractivity contribution in [3.8, 4) is 0 Å². The fraction of sp³-hybridized carbons (Fsp3) is 1.00. The number of hydrogen-bond donors (Lipinski definition) is 1. The van der Waals surface area contributed by atoms with E-state index in [1.165, 1.54) is 44.3 Å². The lowest BCUT2D eigenvalue weighted by molar-refractivity contribution is 0.0419. The molecule has 2 fully saturated rings. The Morgan fingerprint density at radius 2 is 1.89 bits per heavy atom. The second kappa shape index (κ2) is 6.15. The van der Waals surface area contributed by atoms with Crippen molar-refractivity contribution >= 4 is 11.8 Å². The average Bonchev–Trinajstić information content (AvgIpc) is 2.40. The lowest BCUT2D eigenvalue weighted by atomic mass is 9.81. The summed E-state index contributed by atoms with van der Waals surface area (Å²) in [4.78, 5) is 2.68. The normalized spacial score (nSPS) is 42.2. The average molecular weight is 270 g/mol. The predicted molar refractivity (Wildman–Crippen MR) is 82.1 cm³/mol. The highest BCUT2D eigenvalue weighted by Crippen LogP contribution is 2.40. The molecule has 2 atom stereocenters. The minimum atomic E-state index is 0.258. The lowest BCUT2D eigenvalue weighted by Crippen LogP contribution is -2.62. The minimum Gasteiger partial charge on any atom is -0.329 e. The maximum atomic E-state index is 6.21. The summed E-state index contributed by atoms with van der Waals surface area (Å²) in [5.74, 6) is 2.25. The molecule has 0 bridgehead atoms. The van der Waals surface area contributed by atoms with Crippen LogP contribution in [0.1, 0.15) is 52.4 Å². The summed E-state index contributed by atoms with van der Waals surface area (Å²) in [6, 6.07) is 0.769. The van der Waals surface area contributed by atoms with Crippen LogP contribution in [-0.4, -0.2) is 41.1 Å². The van der Waals surface area contributed by atoms with Gasteiger partial charge in [0.15, 0.2) is 0 Å². The van der Waals surface area contributed by atoms with E-state index in [4.69, 9.17) is 5.73 Å². The van der Waals surface area contributed by atoms with E-state index in [1.807, 2.05) is 0 Å². The second-order valence-electron chi connectivity index (χ2n) is 6.45. The third-order valence-corrected chi connectivity index (χ3v) is 6.93. The van der Waals surface area contributed by atoms with Crippen molar-refractivity contribution < 1.29 is 0 Å². The fourth-order valence-electron chi connectivity index (χ4n) is 3.87. The largest absolute Gasteiger partial charge is 0.329 e. The Hall–Kier alpha value is 0.270. The van der Waals surface area contributed by atoms with Gasteiger partial charge in [-0.3, -0.25) is 4.90 Å². The highest BCUT2D eigenvalue weighted by Gasteiger charge is 2.43. The minimum absolute atomic E-state index is 0.258. The number of hydrogen-bond acceptors (Lipinski definition) is 3. The molecule has 1 heterocycles. The molecule has 1 aliphatic heterocycles. The molecule has 0 aromatic carbocycles. The highest BCUT2D eigenvalue weighted by atomic mass is 32.2. The molecule has 106 valence electrons. The van der Waals surface area contributed by atoms with E-state index in [-0.39, 0.29) is 5.54 Å². The van der Waals surface area contributed by atoms with Gasteiger partial charge < -0.3 is 5.73 Å². The van der Waals surface area contributed by atoms with Crippen molar-refractivity contribution in [1.29, 1.82) is 0 Å². The van der Waals surface area contributed by atoms with Gasteiger partial charge in [-0.15, -0.1) is 0 Å².